The van der Waals surface area contributed by atoms with Gasteiger partial charge in [-0.2, -0.15) is 0 Å². The van der Waals surface area contributed by atoms with Gasteiger partial charge in [-0.3, -0.25) is 9.59 Å². The molecule has 4 rings (SSSR count). The summed E-state index contributed by atoms with van der Waals surface area (Å²) in [6.45, 7) is 21.1. The molecular formula is C87H132Br2Cl31N3Na2O21. The second kappa shape index (κ2) is 84.7. The van der Waals surface area contributed by atoms with E-state index in [4.69, 9.17) is 427 Å². The SMILES string of the molecule is C.C.C.C.C.C/C(CBr)=C(\CCC(OCC(Cl)(Cl)Cl)OCC(Cl)(Cl)Cl)C(=O)[O-].C/C(CBr)=C(\CCC(OCC(Cl)(Cl)Cl)OCC(Cl)(Cl)Cl)C1=NC(C)(C)CO1.C/C(CCl)=C(\CCC(OCC(Cl)(Cl)Cl)OCC(Cl)(Cl)Cl)C(=O)[O-].C/C(CO)=C(\CCC(OCC(Cl)(Cl)Cl)OCC(Cl)(Cl)Cl)C1=NC(C)(C)CO1.CC(C)(N)CO.CC1=C(CCC(OCC(Cl)(Cl)Cl)OCC(Cl)(Cl)Cl)CCC1=O.CC1=C(CCC=O)C(=O)CC1.[Na+].[Na+]. The molecule has 0 aromatic rings. The van der Waals surface area contributed by atoms with E-state index in [0.29, 0.717) is 111 Å². The van der Waals surface area contributed by atoms with Crippen molar-refractivity contribution in [1.29, 1.82) is 0 Å². The van der Waals surface area contributed by atoms with Crippen LogP contribution in [0.5, 0.6) is 0 Å². The van der Waals surface area contributed by atoms with Crippen LogP contribution in [0.1, 0.15) is 223 Å². The zero-order chi connectivity index (χ0) is 109. The van der Waals surface area contributed by atoms with Gasteiger partial charge in [0.15, 0.2) is 43.0 Å². The van der Waals surface area contributed by atoms with Gasteiger partial charge in [0.1, 0.15) is 19.5 Å². The number of nitrogens with zero attached hydrogens (tertiary/aromatic N) is 2. The molecule has 0 bridgehead atoms. The summed E-state index contributed by atoms with van der Waals surface area (Å²) < 4.78 is 49.5. The van der Waals surface area contributed by atoms with E-state index < -0.39 is 86.9 Å². The van der Waals surface area contributed by atoms with Gasteiger partial charge < -0.3 is 97.4 Å². The van der Waals surface area contributed by atoms with Crippen molar-refractivity contribution in [2.45, 2.75) is 309 Å². The zero-order valence-electron chi connectivity index (χ0n) is 78.9. The van der Waals surface area contributed by atoms with Gasteiger partial charge in [-0.25, -0.2) is 9.98 Å². The summed E-state index contributed by atoms with van der Waals surface area (Å²) in [6, 6.07) is 0. The number of ether oxygens (including phenoxy) is 12. The van der Waals surface area contributed by atoms with E-state index >= 15 is 0 Å². The minimum Gasteiger partial charge on any atom is -0.545 e. The van der Waals surface area contributed by atoms with Crippen LogP contribution in [0.3, 0.4) is 0 Å². The van der Waals surface area contributed by atoms with Crippen LogP contribution in [0.2, 0.25) is 0 Å². The number of nitrogens with two attached hydrogens (primary N) is 1. The largest absolute Gasteiger partial charge is 1.00 e. The molecule has 2 heterocycles. The van der Waals surface area contributed by atoms with Gasteiger partial charge in [0.25, 0.3) is 0 Å². The van der Waals surface area contributed by atoms with Crippen molar-refractivity contribution < 1.29 is 160 Å². The zero-order valence-corrected chi connectivity index (χ0v) is 110. The van der Waals surface area contributed by atoms with Crippen molar-refractivity contribution in [3.8, 4) is 0 Å². The Morgan fingerprint density at radius 2 is 0.678 bits per heavy atom. The average molecular weight is 2860 g/mol. The predicted octanol–water partition coefficient (Wildman–Crippen LogP) is 24.8. The molecule has 4 aliphatic rings. The summed E-state index contributed by atoms with van der Waals surface area (Å²) in [5.41, 5.74) is 13.1. The molecule has 24 nitrogen and oxygen atoms in total. The molecule has 146 heavy (non-hydrogen) atoms. The van der Waals surface area contributed by atoms with Crippen molar-refractivity contribution in [2.75, 3.05) is 109 Å². The number of carbonyl (C=O) groups excluding carboxylic acids is 5. The van der Waals surface area contributed by atoms with Gasteiger partial charge in [-0.15, -0.1) is 11.6 Å². The van der Waals surface area contributed by atoms with Gasteiger partial charge in [-0.1, -0.05) is 445 Å². The van der Waals surface area contributed by atoms with Crippen LogP contribution in [0.25, 0.3) is 0 Å². The minimum atomic E-state index is -1.67. The third-order valence-corrected chi connectivity index (χ3v) is 22.8. The molecule has 0 amide bonds. The number of rotatable bonds is 47. The van der Waals surface area contributed by atoms with Crippen LogP contribution in [0.4, 0.5) is 0 Å². The molecule has 0 radical (unpaired) electrons. The first kappa shape index (κ1) is 173. The number of Topliss-reactive ketones (excluding diaryl/α,β-unsaturated/α-hetero) is 2. The Bertz CT molecular complexity index is 3700. The Kier molecular flexibility index (Phi) is 100. The van der Waals surface area contributed by atoms with Gasteiger partial charge >= 0.3 is 59.1 Å². The Balaban J connectivity index is -0.000000188. The first-order valence-corrected chi connectivity index (χ1v) is 55.1. The molecule has 0 unspecified atom stereocenters. The van der Waals surface area contributed by atoms with Crippen LogP contribution >= 0.6 is 391 Å². The smallest absolute Gasteiger partial charge is 0.545 e. The first-order valence-electron chi connectivity index (χ1n) is 41.0. The Morgan fingerprint density at radius 1 is 0.425 bits per heavy atom. The van der Waals surface area contributed by atoms with Crippen LogP contribution < -0.4 is 75.1 Å². The summed E-state index contributed by atoms with van der Waals surface area (Å²) in [6.07, 6.45) is 4.10. The van der Waals surface area contributed by atoms with Crippen molar-refractivity contribution in [1.82, 2.24) is 0 Å². The Hall–Kier alpha value is 6.76. The van der Waals surface area contributed by atoms with E-state index in [9.17, 15) is 39.3 Å². The normalized spacial score (nSPS) is 15.7. The van der Waals surface area contributed by atoms with E-state index in [1.165, 1.54) is 5.57 Å². The number of carboxylic acids is 2. The third-order valence-electron chi connectivity index (χ3n) is 17.5. The number of hydrogen-bond donors (Lipinski definition) is 3. The molecule has 2 aliphatic heterocycles. The fraction of sp³-hybridized carbons (Fsp3) is 0.782. The summed E-state index contributed by atoms with van der Waals surface area (Å²) in [7, 11) is 0. The average Bonchev–Trinajstić information content (AvgIpc) is 1.69. The number of aliphatic hydroxyl groups is 2. The monoisotopic (exact) mass is 2840 g/mol. The van der Waals surface area contributed by atoms with Gasteiger partial charge in [0, 0.05) is 84.6 Å². The number of aliphatic hydroxyl groups excluding tert-OH is 2. The number of aldehydes is 1. The maximum Gasteiger partial charge on any atom is 1.00 e. The minimum absolute atomic E-state index is 0. The maximum atomic E-state index is 11.5. The molecule has 4 N–H and O–H groups in total. The second-order valence-electron chi connectivity index (χ2n) is 32.5. The van der Waals surface area contributed by atoms with Crippen molar-refractivity contribution >= 4 is 433 Å². The van der Waals surface area contributed by atoms with Crippen LogP contribution in [0, 0.1) is 0 Å². The molecular weight excluding hydrogens is 2730 g/mol. The molecule has 0 spiro atoms. The van der Waals surface area contributed by atoms with Gasteiger partial charge in [0.05, 0.1) is 102 Å². The Morgan fingerprint density at radius 3 is 0.877 bits per heavy atom. The number of aliphatic carboxylic acids is 2. The van der Waals surface area contributed by atoms with Crippen LogP contribution in [0.15, 0.2) is 76.9 Å². The van der Waals surface area contributed by atoms with Crippen molar-refractivity contribution in [3.63, 3.8) is 0 Å². The molecule has 0 saturated carbocycles. The van der Waals surface area contributed by atoms with E-state index in [-0.39, 0.29) is 241 Å². The number of halogens is 33. The van der Waals surface area contributed by atoms with E-state index in [0.717, 1.165) is 58.1 Å². The number of carbonyl (C=O) groups is 5. The second-order valence-corrected chi connectivity index (χ2v) is 59.0. The molecule has 0 aromatic heterocycles. The standard InChI is InChI=1S/C16H22BrCl6NO3.C16H23Cl6NO4.C13H16Cl6O3.C12H15BrCl6O4.C12H15Cl7O4.C9H12O2.C4H11NO.5CH4.2Na/c1-10(6-17)11(13-24-14(2,3)7-27-13)4-5-12(25-8-15(18,19)20)26-9-16(21,22)23;1-10(6-24)11(13-23-14(2,3)7-27-13)4-5-12(25-8-15(17,18)19)26-9-16(20,21)22;1-8-9(2-4-10(8)20)3-5-11(21-6-12(14,15)16)22-7-13(17,18)19;2*1-7(4-13)8(10(20)21)2-3-9(22-5-11(14,15)16)23-6-12(17,18)19;1-7-4-5-9(11)8(7)3-2-6-10;1-4(2,5)3-6;;;;;;;/h12H,4-9H2,1-3H3;12,24H,4-9H2,1-3H3;11H,2-7H2,1H3;2*9H,2-6H2,1H3,(H,20,21);6H,2-5H2,1H3;6H,3,5H2,1-2H3;5*1H4;;/q;;;;;;;;;;;;2*+1/p-2/b2*11-10-;;2*8-7-;;;;;;;;;. The fourth-order valence-corrected chi connectivity index (χ4v) is 13.4. The van der Waals surface area contributed by atoms with Crippen molar-refractivity contribution in [3.05, 3.63) is 66.9 Å². The molecule has 0 fully saturated rings. The van der Waals surface area contributed by atoms with Gasteiger partial charge in [0.2, 0.25) is 49.7 Å². The van der Waals surface area contributed by atoms with Crippen LogP contribution in [-0.4, -0.2) is 247 Å². The predicted molar refractivity (Wildman–Crippen MR) is 617 cm³/mol. The molecule has 59 heteroatoms. The first-order chi connectivity index (χ1) is 62.9. The number of hydrogen-bond acceptors (Lipinski definition) is 24. The molecule has 0 saturated heterocycles. The summed E-state index contributed by atoms with van der Waals surface area (Å²) in [5.74, 6) is -1.02. The number of ketones is 2. The summed E-state index contributed by atoms with van der Waals surface area (Å²) in [5, 5.41) is 41.2. The topological polar surface area (TPSA) is 333 Å². The number of carboxylic acid groups (broad SMARTS) is 2. The van der Waals surface area contributed by atoms with E-state index in [2.05, 4.69) is 41.8 Å². The van der Waals surface area contributed by atoms with Crippen molar-refractivity contribution in [2.24, 2.45) is 15.7 Å². The number of allylic oxidation sites excluding steroid dienone is 7. The van der Waals surface area contributed by atoms with Crippen LogP contribution in [-0.2, 0) is 80.8 Å². The van der Waals surface area contributed by atoms with Gasteiger partial charge in [-0.05, 0) is 162 Å². The van der Waals surface area contributed by atoms with E-state index in [1.807, 2.05) is 48.5 Å². The molecule has 2 aliphatic carbocycles. The Labute approximate surface area is 1080 Å². The molecule has 0 aromatic carbocycles. The number of alkyl halides is 33. The fourth-order valence-electron chi connectivity index (χ4n) is 10.6. The summed E-state index contributed by atoms with van der Waals surface area (Å²) >= 11 is 182. The molecule has 0 atom stereocenters. The number of aliphatic imine (C=N–C) groups is 2. The molecule has 854 valence electrons. The maximum absolute atomic E-state index is 11.5. The van der Waals surface area contributed by atoms with E-state index in [1.54, 1.807) is 34.6 Å². The third kappa shape index (κ3) is 96.9. The quantitative estimate of drug-likeness (QED) is 0.0167. The summed E-state index contributed by atoms with van der Waals surface area (Å²) in [4.78, 5) is 64.1.